The lowest BCUT2D eigenvalue weighted by Crippen LogP contribution is -2.16. The lowest BCUT2D eigenvalue weighted by molar-refractivity contribution is 0.568. The average molecular weight is 1030 g/mol. The first kappa shape index (κ1) is 54.0. The molecule has 8 aromatic rings. The molecule has 2 aliphatic rings. The SMILES string of the molecule is CC(C)(C)c1cc(-c2c3nc(c(-c4cc(C(C)(C)C)cc(C(C)(C)C)c4)c4ccc([nH]4)c(-c4cn(Cc5ccccc5)nn4)c4nc(c(-c5cc(C(C)(C)C)cc(C(C)(C)C)c5)c5ccc2[nH]5)C=C4)C=C3)cc(C(C)(C)C)c1. The first-order valence-electron chi connectivity index (χ1n) is 28.0. The van der Waals surface area contributed by atoms with E-state index in [0.29, 0.717) is 6.54 Å². The fraction of sp³-hybridized carbons (Fsp3) is 0.352. The quantitative estimate of drug-likeness (QED) is 0.174. The van der Waals surface area contributed by atoms with Crippen LogP contribution in [0.5, 0.6) is 0 Å². The molecule has 0 fully saturated rings. The highest BCUT2D eigenvalue weighted by Crippen LogP contribution is 2.44. The van der Waals surface area contributed by atoms with Gasteiger partial charge in [-0.2, -0.15) is 0 Å². The molecule has 4 aromatic heterocycles. The van der Waals surface area contributed by atoms with Crippen molar-refractivity contribution < 1.29 is 0 Å². The molecule has 0 atom stereocenters. The summed E-state index contributed by atoms with van der Waals surface area (Å²) in [6.07, 6.45) is 10.8. The van der Waals surface area contributed by atoms with E-state index in [2.05, 4.69) is 268 Å². The summed E-state index contributed by atoms with van der Waals surface area (Å²) in [4.78, 5) is 19.6. The molecular weight excluding hydrogens is 951 g/mol. The number of nitrogens with one attached hydrogen (secondary N) is 2. The van der Waals surface area contributed by atoms with E-state index in [9.17, 15) is 0 Å². The zero-order valence-corrected chi connectivity index (χ0v) is 49.7. The second kappa shape index (κ2) is 19.2. The number of H-pyrrole nitrogens is 2. The van der Waals surface area contributed by atoms with Crippen molar-refractivity contribution in [1.29, 1.82) is 0 Å². The number of aromatic amines is 2. The maximum absolute atomic E-state index is 5.81. The minimum atomic E-state index is -0.110. The molecule has 0 radical (unpaired) electrons. The van der Waals surface area contributed by atoms with Crippen LogP contribution < -0.4 is 0 Å². The molecule has 0 saturated heterocycles. The molecule has 2 aliphatic heterocycles. The standard InChI is InChI=1S/C71H81N7/c1-66(2,3)47-32-44(33-48(38-47)67(4,5)6)62-53-24-26-55(72-53)63(45-34-49(68(7,8)9)39-50(35-45)69(10,11)12)57-28-30-59(74-57)65(61-42-78(77-76-61)41-43-22-20-19-21-23-43)60-31-29-58(75-60)64(56-27-25-54(62)73-56)46-36-51(70(13,14)15)40-52(37-46)71(16,17)18/h19-40,42,72,75H,41H2,1-18H3. The topological polar surface area (TPSA) is 88.1 Å². The smallest absolute Gasteiger partial charge is 0.117 e. The van der Waals surface area contributed by atoms with Crippen LogP contribution in [0.4, 0.5) is 0 Å². The van der Waals surface area contributed by atoms with Crippen LogP contribution in [0.2, 0.25) is 0 Å². The van der Waals surface area contributed by atoms with Gasteiger partial charge in [-0.1, -0.05) is 215 Å². The van der Waals surface area contributed by atoms with Crippen LogP contribution in [0.1, 0.15) is 186 Å². The Hall–Kier alpha value is -7.38. The predicted octanol–water partition coefficient (Wildman–Crippen LogP) is 18.7. The molecule has 7 nitrogen and oxygen atoms in total. The minimum Gasteiger partial charge on any atom is -0.354 e. The lowest BCUT2D eigenvalue weighted by atomic mass is 9.78. The summed E-state index contributed by atoms with van der Waals surface area (Å²) >= 11 is 0. The summed E-state index contributed by atoms with van der Waals surface area (Å²) in [6, 6.07) is 40.8. The van der Waals surface area contributed by atoms with E-state index in [-0.39, 0.29) is 32.5 Å². The fourth-order valence-corrected chi connectivity index (χ4v) is 10.6. The van der Waals surface area contributed by atoms with Crippen molar-refractivity contribution in [3.63, 3.8) is 0 Å². The molecule has 400 valence electrons. The van der Waals surface area contributed by atoms with E-state index in [0.717, 1.165) is 95.0 Å². The van der Waals surface area contributed by atoms with Crippen molar-refractivity contribution in [2.24, 2.45) is 0 Å². The average Bonchev–Trinajstić information content (AvgIpc) is 4.24. The zero-order chi connectivity index (χ0) is 56.1. The first-order valence-corrected chi connectivity index (χ1v) is 28.0. The molecule has 78 heavy (non-hydrogen) atoms. The maximum Gasteiger partial charge on any atom is 0.117 e. The summed E-state index contributed by atoms with van der Waals surface area (Å²) in [6.45, 7) is 42.1. The zero-order valence-electron chi connectivity index (χ0n) is 49.7. The van der Waals surface area contributed by atoms with Gasteiger partial charge in [-0.25, -0.2) is 14.6 Å². The molecule has 0 aliphatic carbocycles. The second-order valence-electron chi connectivity index (χ2n) is 28.2. The third-order valence-electron chi connectivity index (χ3n) is 15.6. The third-order valence-corrected chi connectivity index (χ3v) is 15.6. The number of aromatic nitrogens is 7. The van der Waals surface area contributed by atoms with Gasteiger partial charge in [0.05, 0.1) is 46.6 Å². The molecule has 6 heterocycles. The predicted molar refractivity (Wildman–Crippen MR) is 332 cm³/mol. The van der Waals surface area contributed by atoms with Gasteiger partial charge >= 0.3 is 0 Å². The number of hydrogen-bond donors (Lipinski definition) is 2. The summed E-state index contributed by atoms with van der Waals surface area (Å²) in [5.41, 5.74) is 23.4. The molecule has 0 spiro atoms. The number of fused-ring (bicyclic) bond motifs is 8. The Morgan fingerprint density at radius 2 is 0.654 bits per heavy atom. The van der Waals surface area contributed by atoms with Crippen molar-refractivity contribution in [2.45, 2.75) is 164 Å². The third kappa shape index (κ3) is 10.9. The van der Waals surface area contributed by atoms with Crippen LogP contribution in [0.3, 0.4) is 0 Å². The molecule has 0 unspecified atom stereocenters. The number of hydrogen-bond acceptors (Lipinski definition) is 4. The summed E-state index contributed by atoms with van der Waals surface area (Å²) in [5, 5.41) is 9.66. The molecule has 0 amide bonds. The van der Waals surface area contributed by atoms with Crippen LogP contribution in [0.15, 0.2) is 115 Å². The fourth-order valence-electron chi connectivity index (χ4n) is 10.6. The highest BCUT2D eigenvalue weighted by molar-refractivity contribution is 6.00. The van der Waals surface area contributed by atoms with Crippen molar-refractivity contribution in [3.05, 3.63) is 177 Å². The Labute approximate surface area is 464 Å². The van der Waals surface area contributed by atoms with Gasteiger partial charge in [0.15, 0.2) is 0 Å². The van der Waals surface area contributed by atoms with E-state index >= 15 is 0 Å². The van der Waals surface area contributed by atoms with E-state index in [1.54, 1.807) is 0 Å². The largest absolute Gasteiger partial charge is 0.354 e. The van der Waals surface area contributed by atoms with Crippen LogP contribution in [-0.4, -0.2) is 34.9 Å². The van der Waals surface area contributed by atoms with E-state index in [1.165, 1.54) is 33.4 Å². The van der Waals surface area contributed by atoms with Crippen molar-refractivity contribution >= 4 is 46.4 Å². The van der Waals surface area contributed by atoms with Gasteiger partial charge in [0.1, 0.15) is 5.69 Å². The Morgan fingerprint density at radius 3 is 0.962 bits per heavy atom. The Balaban J connectivity index is 1.40. The van der Waals surface area contributed by atoms with Gasteiger partial charge in [0.2, 0.25) is 0 Å². The van der Waals surface area contributed by atoms with Gasteiger partial charge in [0, 0.05) is 33.2 Å². The van der Waals surface area contributed by atoms with Gasteiger partial charge in [-0.3, -0.25) is 0 Å². The van der Waals surface area contributed by atoms with E-state index < -0.39 is 0 Å². The van der Waals surface area contributed by atoms with Gasteiger partial charge < -0.3 is 9.97 Å². The highest BCUT2D eigenvalue weighted by atomic mass is 15.4. The van der Waals surface area contributed by atoms with Crippen LogP contribution in [-0.2, 0) is 39.0 Å². The van der Waals surface area contributed by atoms with E-state index in [1.807, 2.05) is 10.7 Å². The molecule has 7 heteroatoms. The highest BCUT2D eigenvalue weighted by Gasteiger charge is 2.28. The number of rotatable bonds is 6. The summed E-state index contributed by atoms with van der Waals surface area (Å²) in [7, 11) is 0. The van der Waals surface area contributed by atoms with Crippen molar-refractivity contribution in [3.8, 4) is 44.6 Å². The Morgan fingerprint density at radius 1 is 0.359 bits per heavy atom. The first-order chi connectivity index (χ1) is 36.4. The van der Waals surface area contributed by atoms with Gasteiger partial charge in [0.25, 0.3) is 0 Å². The lowest BCUT2D eigenvalue weighted by Gasteiger charge is -2.26. The van der Waals surface area contributed by atoms with Crippen LogP contribution >= 0.6 is 0 Å². The Kier molecular flexibility index (Phi) is 13.3. The molecular formula is C71H81N7. The summed E-state index contributed by atoms with van der Waals surface area (Å²) < 4.78 is 1.92. The van der Waals surface area contributed by atoms with Crippen molar-refractivity contribution in [2.75, 3.05) is 0 Å². The van der Waals surface area contributed by atoms with Crippen LogP contribution in [0.25, 0.3) is 91.0 Å². The Bertz CT molecular complexity index is 3690. The summed E-state index contributed by atoms with van der Waals surface area (Å²) in [5.74, 6) is 0. The van der Waals surface area contributed by atoms with Gasteiger partial charge in [-0.05, 0) is 137 Å². The molecule has 0 saturated carbocycles. The van der Waals surface area contributed by atoms with Crippen LogP contribution in [0, 0.1) is 0 Å². The minimum absolute atomic E-state index is 0.105. The maximum atomic E-state index is 5.81. The second-order valence-corrected chi connectivity index (χ2v) is 28.2. The molecule has 2 N–H and O–H groups in total. The van der Waals surface area contributed by atoms with E-state index in [4.69, 9.17) is 20.3 Å². The number of nitrogens with zero attached hydrogens (tertiary/aromatic N) is 5. The number of benzene rings is 4. The molecule has 4 aromatic carbocycles. The molecule has 8 bridgehead atoms. The normalized spacial score (nSPS) is 13.5. The monoisotopic (exact) mass is 1030 g/mol. The van der Waals surface area contributed by atoms with Gasteiger partial charge in [-0.15, -0.1) is 5.10 Å². The molecule has 10 rings (SSSR count). The van der Waals surface area contributed by atoms with Crippen molar-refractivity contribution in [1.82, 2.24) is 34.9 Å².